The maximum atomic E-state index is 14.2. The lowest BCUT2D eigenvalue weighted by atomic mass is 10.0. The highest BCUT2D eigenvalue weighted by molar-refractivity contribution is 5.97. The van der Waals surface area contributed by atoms with Gasteiger partial charge in [0.2, 0.25) is 5.88 Å². The number of hydrogen-bond donors (Lipinski definition) is 1. The van der Waals surface area contributed by atoms with Crippen molar-refractivity contribution in [1.29, 1.82) is 0 Å². The van der Waals surface area contributed by atoms with E-state index in [1.54, 1.807) is 10.6 Å². The van der Waals surface area contributed by atoms with E-state index < -0.39 is 5.82 Å². The van der Waals surface area contributed by atoms with Gasteiger partial charge in [0.25, 0.3) is 0 Å². The highest BCUT2D eigenvalue weighted by atomic mass is 19.1. The monoisotopic (exact) mass is 418 g/mol. The van der Waals surface area contributed by atoms with Crippen LogP contribution >= 0.6 is 0 Å². The third-order valence-electron chi connectivity index (χ3n) is 5.57. The van der Waals surface area contributed by atoms with E-state index in [1.807, 2.05) is 43.3 Å². The van der Waals surface area contributed by atoms with Crippen LogP contribution in [0.2, 0.25) is 0 Å². The molecular formula is C24H19FN2O4. The lowest BCUT2D eigenvalue weighted by molar-refractivity contribution is -0.0173. The molecule has 4 aromatic rings. The van der Waals surface area contributed by atoms with Gasteiger partial charge in [0.05, 0.1) is 18.7 Å². The fourth-order valence-corrected chi connectivity index (χ4v) is 4.04. The van der Waals surface area contributed by atoms with Crippen LogP contribution in [-0.2, 0) is 17.9 Å². The lowest BCUT2D eigenvalue weighted by Gasteiger charge is -2.21. The number of rotatable bonds is 4. The summed E-state index contributed by atoms with van der Waals surface area (Å²) in [6, 6.07) is 16.4. The van der Waals surface area contributed by atoms with Crippen LogP contribution in [0.3, 0.4) is 0 Å². The van der Waals surface area contributed by atoms with Crippen LogP contribution in [0.5, 0.6) is 11.6 Å². The number of aromatic hydroxyl groups is 1. The largest absolute Gasteiger partial charge is 0.493 e. The normalized spacial score (nSPS) is 13.1. The summed E-state index contributed by atoms with van der Waals surface area (Å²) >= 11 is 0. The molecule has 1 aliphatic heterocycles. The van der Waals surface area contributed by atoms with E-state index in [0.29, 0.717) is 27.8 Å². The van der Waals surface area contributed by atoms with Crippen LogP contribution in [0.4, 0.5) is 10.1 Å². The van der Waals surface area contributed by atoms with Crippen LogP contribution in [-0.4, -0.2) is 16.5 Å². The zero-order chi connectivity index (χ0) is 21.5. The number of nitrogens with zero attached hydrogens (tertiary/aromatic N) is 2. The molecule has 7 heteroatoms. The number of fused-ring (bicyclic) bond motifs is 2. The molecule has 31 heavy (non-hydrogen) atoms. The first-order valence-corrected chi connectivity index (χ1v) is 9.82. The van der Waals surface area contributed by atoms with Crippen LogP contribution in [0, 0.1) is 17.6 Å². The van der Waals surface area contributed by atoms with Crippen LogP contribution in [0.1, 0.15) is 16.7 Å². The second-order valence-corrected chi connectivity index (χ2v) is 7.61. The summed E-state index contributed by atoms with van der Waals surface area (Å²) < 4.78 is 26.6. The van der Waals surface area contributed by atoms with E-state index in [9.17, 15) is 14.4 Å². The molecule has 0 radical (unpaired) electrons. The van der Waals surface area contributed by atoms with Crippen LogP contribution in [0.15, 0.2) is 59.8 Å². The molecule has 6 nitrogen and oxygen atoms in total. The van der Waals surface area contributed by atoms with Crippen molar-refractivity contribution in [2.45, 2.75) is 20.1 Å². The highest BCUT2D eigenvalue weighted by Crippen LogP contribution is 2.41. The van der Waals surface area contributed by atoms with E-state index in [0.717, 1.165) is 16.7 Å². The summed E-state index contributed by atoms with van der Waals surface area (Å²) in [6.07, 6.45) is 0. The van der Waals surface area contributed by atoms with Gasteiger partial charge >= 0.3 is 0 Å². The van der Waals surface area contributed by atoms with Crippen molar-refractivity contribution in [3.05, 3.63) is 82.0 Å². The first kappa shape index (κ1) is 19.3. The van der Waals surface area contributed by atoms with E-state index in [2.05, 4.69) is 5.18 Å². The second-order valence-electron chi connectivity index (χ2n) is 7.61. The van der Waals surface area contributed by atoms with Gasteiger partial charge in [-0.05, 0) is 47.5 Å². The number of halogens is 1. The van der Waals surface area contributed by atoms with Crippen LogP contribution < -0.4 is 4.74 Å². The molecule has 1 aliphatic rings. The molecule has 3 aromatic carbocycles. The van der Waals surface area contributed by atoms with Gasteiger partial charge in [-0.15, -0.1) is 4.91 Å². The Morgan fingerprint density at radius 3 is 2.65 bits per heavy atom. The number of hydrogen-bond acceptors (Lipinski definition) is 5. The summed E-state index contributed by atoms with van der Waals surface area (Å²) in [7, 11) is 0. The molecule has 0 amide bonds. The van der Waals surface area contributed by atoms with Gasteiger partial charge in [-0.2, -0.15) is 0 Å². The van der Waals surface area contributed by atoms with E-state index >= 15 is 0 Å². The average molecular weight is 418 g/mol. The summed E-state index contributed by atoms with van der Waals surface area (Å²) in [6.45, 7) is 2.44. The van der Waals surface area contributed by atoms with Gasteiger partial charge in [0.15, 0.2) is 12.5 Å². The van der Waals surface area contributed by atoms with E-state index in [-0.39, 0.29) is 31.5 Å². The van der Waals surface area contributed by atoms with Gasteiger partial charge in [0.1, 0.15) is 11.6 Å². The predicted molar refractivity (Wildman–Crippen MR) is 115 cm³/mol. The molecule has 0 unspecified atom stereocenters. The number of aryl methyl sites for hydroxylation is 1. The fourth-order valence-electron chi connectivity index (χ4n) is 4.04. The molecular weight excluding hydrogens is 399 g/mol. The van der Waals surface area contributed by atoms with Gasteiger partial charge in [-0.1, -0.05) is 35.9 Å². The van der Waals surface area contributed by atoms with Crippen LogP contribution in [0.25, 0.3) is 22.0 Å². The minimum absolute atomic E-state index is 0.0417. The van der Waals surface area contributed by atoms with Crippen molar-refractivity contribution < 1.29 is 19.0 Å². The van der Waals surface area contributed by atoms with Crippen molar-refractivity contribution in [1.82, 2.24) is 4.57 Å². The summed E-state index contributed by atoms with van der Waals surface area (Å²) in [5, 5.41) is 14.3. The number of benzene rings is 3. The first-order valence-electron chi connectivity index (χ1n) is 9.82. The highest BCUT2D eigenvalue weighted by Gasteiger charge is 2.22. The standard InChI is InChI=1S/C24H19FN2O4/c1-14-2-4-15(5-3-14)16-6-7-20-21(10-16)27(24(28)22(20)26-29)11-17-8-19(25)9-18-12-30-13-31-23(17)18/h2-10,28H,11-13H2,1H3. The molecule has 0 saturated heterocycles. The average Bonchev–Trinajstić information content (AvgIpc) is 3.04. The smallest absolute Gasteiger partial charge is 0.222 e. The Balaban J connectivity index is 1.67. The maximum absolute atomic E-state index is 14.2. The number of aromatic nitrogens is 1. The topological polar surface area (TPSA) is 73.0 Å². The summed E-state index contributed by atoms with van der Waals surface area (Å²) in [5.74, 6) is -0.159. The Morgan fingerprint density at radius 1 is 1.10 bits per heavy atom. The summed E-state index contributed by atoms with van der Waals surface area (Å²) in [5.41, 5.74) is 4.81. The molecule has 1 N–H and O–H groups in total. The predicted octanol–water partition coefficient (Wildman–Crippen LogP) is 5.77. The number of ether oxygens (including phenoxy) is 2. The van der Waals surface area contributed by atoms with E-state index in [1.165, 1.54) is 12.1 Å². The Labute approximate surface area is 177 Å². The minimum atomic E-state index is -0.423. The third kappa shape index (κ3) is 3.33. The van der Waals surface area contributed by atoms with Gasteiger partial charge in [-0.3, -0.25) is 0 Å². The van der Waals surface area contributed by atoms with Gasteiger partial charge in [-0.25, -0.2) is 4.39 Å². The lowest BCUT2D eigenvalue weighted by Crippen LogP contribution is -2.14. The van der Waals surface area contributed by atoms with Crippen molar-refractivity contribution in [3.8, 4) is 22.8 Å². The van der Waals surface area contributed by atoms with Crippen molar-refractivity contribution in [3.63, 3.8) is 0 Å². The van der Waals surface area contributed by atoms with E-state index in [4.69, 9.17) is 9.47 Å². The minimum Gasteiger partial charge on any atom is -0.493 e. The molecule has 0 bridgehead atoms. The zero-order valence-electron chi connectivity index (χ0n) is 16.8. The Kier molecular flexibility index (Phi) is 4.67. The molecule has 0 spiro atoms. The van der Waals surface area contributed by atoms with Gasteiger partial charge in [0, 0.05) is 16.5 Å². The molecule has 0 fully saturated rings. The van der Waals surface area contributed by atoms with Crippen molar-refractivity contribution in [2.75, 3.05) is 6.79 Å². The molecule has 2 heterocycles. The Morgan fingerprint density at radius 2 is 1.87 bits per heavy atom. The maximum Gasteiger partial charge on any atom is 0.222 e. The first-order chi connectivity index (χ1) is 15.0. The van der Waals surface area contributed by atoms with Crippen molar-refractivity contribution in [2.24, 2.45) is 5.18 Å². The molecule has 1 aromatic heterocycles. The molecule has 5 rings (SSSR count). The quantitative estimate of drug-likeness (QED) is 0.427. The molecule has 156 valence electrons. The van der Waals surface area contributed by atoms with Crippen molar-refractivity contribution >= 4 is 16.6 Å². The zero-order valence-corrected chi connectivity index (χ0v) is 16.8. The Bertz CT molecular complexity index is 1310. The third-order valence-corrected chi connectivity index (χ3v) is 5.57. The fraction of sp³-hybridized carbons (Fsp3) is 0.167. The summed E-state index contributed by atoms with van der Waals surface area (Å²) in [4.78, 5) is 11.5. The molecule has 0 atom stereocenters. The Hall–Kier alpha value is -3.71. The van der Waals surface area contributed by atoms with Gasteiger partial charge < -0.3 is 19.1 Å². The molecule has 0 aliphatic carbocycles. The molecule has 0 saturated carbocycles. The second kappa shape index (κ2) is 7.52. The SMILES string of the molecule is Cc1ccc(-c2ccc3c(N=O)c(O)n(Cc4cc(F)cc5c4OCOC5)c3c2)cc1. The number of nitroso groups, excluding NO2 is 1.